The first-order valence-electron chi connectivity index (χ1n) is 6.33. The van der Waals surface area contributed by atoms with Gasteiger partial charge in [-0.3, -0.25) is 4.79 Å². The third-order valence-electron chi connectivity index (χ3n) is 3.28. The van der Waals surface area contributed by atoms with Crippen molar-refractivity contribution >= 4 is 5.91 Å². The summed E-state index contributed by atoms with van der Waals surface area (Å²) < 4.78 is 0. The summed E-state index contributed by atoms with van der Waals surface area (Å²) in [5, 5.41) is 3.02. The molecule has 1 aromatic carbocycles. The lowest BCUT2D eigenvalue weighted by molar-refractivity contribution is -0.122. The van der Waals surface area contributed by atoms with Gasteiger partial charge in [-0.25, -0.2) is 0 Å². The summed E-state index contributed by atoms with van der Waals surface area (Å²) >= 11 is 0. The Labute approximate surface area is 102 Å². The molecule has 0 aliphatic heterocycles. The van der Waals surface area contributed by atoms with Gasteiger partial charge in [0, 0.05) is 12.0 Å². The lowest BCUT2D eigenvalue weighted by Crippen LogP contribution is -2.41. The predicted octanol–water partition coefficient (Wildman–Crippen LogP) is 1.79. The Morgan fingerprint density at radius 3 is 2.82 bits per heavy atom. The summed E-state index contributed by atoms with van der Waals surface area (Å²) in [6, 6.07) is 10.2. The van der Waals surface area contributed by atoms with E-state index in [1.165, 1.54) is 5.56 Å². The van der Waals surface area contributed by atoms with Crippen LogP contribution in [0.1, 0.15) is 37.7 Å². The smallest absolute Gasteiger partial charge is 0.237 e. The van der Waals surface area contributed by atoms with E-state index in [0.717, 1.165) is 19.3 Å². The Balaban J connectivity index is 1.82. The molecule has 1 fully saturated rings. The highest BCUT2D eigenvalue weighted by atomic mass is 16.2. The third kappa shape index (κ3) is 3.07. The maximum atomic E-state index is 11.7. The summed E-state index contributed by atoms with van der Waals surface area (Å²) in [7, 11) is 0. The van der Waals surface area contributed by atoms with Gasteiger partial charge in [0.25, 0.3) is 0 Å². The van der Waals surface area contributed by atoms with Gasteiger partial charge in [-0.1, -0.05) is 43.7 Å². The molecule has 92 valence electrons. The zero-order valence-electron chi connectivity index (χ0n) is 10.2. The first-order valence-corrected chi connectivity index (χ1v) is 6.33. The molecule has 2 unspecified atom stereocenters. The molecule has 3 heteroatoms. The molecule has 3 nitrogen and oxygen atoms in total. The second-order valence-electron chi connectivity index (χ2n) is 4.76. The molecule has 1 aromatic rings. The normalized spacial score (nSPS) is 24.1. The fourth-order valence-electron chi connectivity index (χ4n) is 2.16. The van der Waals surface area contributed by atoms with Gasteiger partial charge in [-0.15, -0.1) is 0 Å². The predicted molar refractivity (Wildman–Crippen MR) is 68.6 cm³/mol. The molecule has 17 heavy (non-hydrogen) atoms. The van der Waals surface area contributed by atoms with Crippen molar-refractivity contribution in [2.24, 2.45) is 5.73 Å². The van der Waals surface area contributed by atoms with Gasteiger partial charge >= 0.3 is 0 Å². The van der Waals surface area contributed by atoms with Crippen molar-refractivity contribution in [2.45, 2.75) is 44.2 Å². The van der Waals surface area contributed by atoms with E-state index < -0.39 is 0 Å². The molecule has 0 bridgehead atoms. The van der Waals surface area contributed by atoms with Gasteiger partial charge in [-0.2, -0.15) is 0 Å². The molecule has 3 N–H and O–H groups in total. The number of hydrogen-bond acceptors (Lipinski definition) is 2. The molecule has 0 heterocycles. The van der Waals surface area contributed by atoms with Crippen molar-refractivity contribution < 1.29 is 4.79 Å². The van der Waals surface area contributed by atoms with E-state index in [1.807, 2.05) is 25.1 Å². The lowest BCUT2D eigenvalue weighted by Gasteiger charge is -2.10. The maximum absolute atomic E-state index is 11.7. The first kappa shape index (κ1) is 12.1. The highest BCUT2D eigenvalue weighted by Crippen LogP contribution is 2.40. The van der Waals surface area contributed by atoms with Gasteiger partial charge in [-0.05, 0) is 18.4 Å². The summed E-state index contributed by atoms with van der Waals surface area (Å²) in [5.74, 6) is 0.476. The van der Waals surface area contributed by atoms with Crippen LogP contribution < -0.4 is 11.1 Å². The van der Waals surface area contributed by atoms with Gasteiger partial charge in [0.05, 0.1) is 6.04 Å². The largest absolute Gasteiger partial charge is 0.351 e. The van der Waals surface area contributed by atoms with Crippen LogP contribution in [0.4, 0.5) is 0 Å². The van der Waals surface area contributed by atoms with Crippen LogP contribution in [0.25, 0.3) is 0 Å². The Morgan fingerprint density at radius 1 is 1.47 bits per heavy atom. The Bertz CT molecular complexity index is 377. The van der Waals surface area contributed by atoms with Crippen molar-refractivity contribution in [3.05, 3.63) is 35.9 Å². The van der Waals surface area contributed by atoms with Crippen molar-refractivity contribution in [2.75, 3.05) is 0 Å². The molecule has 2 rings (SSSR count). The van der Waals surface area contributed by atoms with Crippen LogP contribution in [0, 0.1) is 0 Å². The van der Waals surface area contributed by atoms with Crippen LogP contribution in [0.3, 0.4) is 0 Å². The van der Waals surface area contributed by atoms with Crippen LogP contribution in [0.2, 0.25) is 0 Å². The number of nitrogens with one attached hydrogen (secondary N) is 1. The molecule has 0 radical (unpaired) electrons. The van der Waals surface area contributed by atoms with Crippen LogP contribution >= 0.6 is 0 Å². The van der Waals surface area contributed by atoms with E-state index in [9.17, 15) is 4.79 Å². The zero-order chi connectivity index (χ0) is 12.3. The van der Waals surface area contributed by atoms with Gasteiger partial charge < -0.3 is 11.1 Å². The summed E-state index contributed by atoms with van der Waals surface area (Å²) in [6.07, 6.45) is 2.74. The van der Waals surface area contributed by atoms with E-state index >= 15 is 0 Å². The van der Waals surface area contributed by atoms with Crippen LogP contribution in [-0.2, 0) is 4.79 Å². The number of carbonyl (C=O) groups is 1. The minimum Gasteiger partial charge on any atom is -0.351 e. The van der Waals surface area contributed by atoms with E-state index in [0.29, 0.717) is 5.92 Å². The van der Waals surface area contributed by atoms with Gasteiger partial charge in [0.2, 0.25) is 5.91 Å². The van der Waals surface area contributed by atoms with Crippen molar-refractivity contribution in [1.82, 2.24) is 5.32 Å². The molecule has 1 aliphatic carbocycles. The highest BCUT2D eigenvalue weighted by molar-refractivity contribution is 5.82. The van der Waals surface area contributed by atoms with Crippen molar-refractivity contribution in [3.63, 3.8) is 0 Å². The molecule has 3 atom stereocenters. The number of carbonyl (C=O) groups excluding carboxylic acids is 1. The van der Waals surface area contributed by atoms with Crippen LogP contribution in [-0.4, -0.2) is 18.0 Å². The Kier molecular flexibility index (Phi) is 3.79. The van der Waals surface area contributed by atoms with E-state index in [-0.39, 0.29) is 18.0 Å². The highest BCUT2D eigenvalue weighted by Gasteiger charge is 2.39. The second kappa shape index (κ2) is 5.32. The Morgan fingerprint density at radius 2 is 2.18 bits per heavy atom. The molecule has 1 saturated carbocycles. The third-order valence-corrected chi connectivity index (χ3v) is 3.28. The number of rotatable bonds is 5. The molecule has 0 spiro atoms. The fraction of sp³-hybridized carbons (Fsp3) is 0.500. The zero-order valence-corrected chi connectivity index (χ0v) is 10.2. The molecule has 0 aromatic heterocycles. The average molecular weight is 232 g/mol. The summed E-state index contributed by atoms with van der Waals surface area (Å²) in [6.45, 7) is 2.04. The monoisotopic (exact) mass is 232 g/mol. The van der Waals surface area contributed by atoms with Crippen molar-refractivity contribution in [1.29, 1.82) is 0 Å². The molecule has 1 amide bonds. The van der Waals surface area contributed by atoms with Crippen LogP contribution in [0.5, 0.6) is 0 Å². The summed E-state index contributed by atoms with van der Waals surface area (Å²) in [5.41, 5.74) is 7.08. The minimum atomic E-state index is -0.350. The summed E-state index contributed by atoms with van der Waals surface area (Å²) in [4.78, 5) is 11.7. The second-order valence-corrected chi connectivity index (χ2v) is 4.76. The number of benzene rings is 1. The average Bonchev–Trinajstić information content (AvgIpc) is 3.10. The fourth-order valence-corrected chi connectivity index (χ4v) is 2.16. The molecular formula is C14H20N2O. The maximum Gasteiger partial charge on any atom is 0.237 e. The van der Waals surface area contributed by atoms with E-state index in [1.54, 1.807) is 0 Å². The van der Waals surface area contributed by atoms with Crippen LogP contribution in [0.15, 0.2) is 30.3 Å². The van der Waals surface area contributed by atoms with Gasteiger partial charge in [0.15, 0.2) is 0 Å². The lowest BCUT2D eigenvalue weighted by atomic mass is 10.1. The SMILES string of the molecule is CCC[C@H](N)C(=O)NC1CC1c1ccccc1. The molecule has 1 aliphatic rings. The van der Waals surface area contributed by atoms with E-state index in [2.05, 4.69) is 17.4 Å². The minimum absolute atomic E-state index is 0.00437. The standard InChI is InChI=1S/C14H20N2O/c1-2-6-12(15)14(17)16-13-9-11(13)10-7-4-3-5-8-10/h3-5,7-8,11-13H,2,6,9,15H2,1H3,(H,16,17)/t11?,12-,13?/m0/s1. The quantitative estimate of drug-likeness (QED) is 0.813. The number of nitrogens with two attached hydrogens (primary N) is 1. The molecule has 0 saturated heterocycles. The van der Waals surface area contributed by atoms with Crippen molar-refractivity contribution in [3.8, 4) is 0 Å². The Hall–Kier alpha value is -1.35. The number of amides is 1. The number of hydrogen-bond donors (Lipinski definition) is 2. The topological polar surface area (TPSA) is 55.1 Å². The van der Waals surface area contributed by atoms with E-state index in [4.69, 9.17) is 5.73 Å². The first-order chi connectivity index (χ1) is 8.22. The van der Waals surface area contributed by atoms with Gasteiger partial charge in [0.1, 0.15) is 0 Å². The molecular weight excluding hydrogens is 212 g/mol.